The van der Waals surface area contributed by atoms with Crippen molar-refractivity contribution in [1.82, 2.24) is 4.90 Å². The topological polar surface area (TPSA) is 49.8 Å². The molecule has 4 nitrogen and oxygen atoms in total. The van der Waals surface area contributed by atoms with Gasteiger partial charge in [-0.05, 0) is 13.3 Å². The number of hydrogen-bond donors (Lipinski definition) is 1. The lowest BCUT2D eigenvalue weighted by atomic mass is 9.92. The number of aliphatic carboxylic acids is 1. The van der Waals surface area contributed by atoms with Gasteiger partial charge in [-0.25, -0.2) is 0 Å². The second-order valence-corrected chi connectivity index (χ2v) is 4.64. The number of carboxylic acids is 1. The average molecular weight is 229 g/mol. The summed E-state index contributed by atoms with van der Waals surface area (Å²) in [5.74, 6) is -0.703. The van der Waals surface area contributed by atoms with Crippen molar-refractivity contribution in [3.63, 3.8) is 0 Å². The minimum absolute atomic E-state index is 0.649. The summed E-state index contributed by atoms with van der Waals surface area (Å²) < 4.78 is 5.27. The van der Waals surface area contributed by atoms with E-state index in [2.05, 4.69) is 11.8 Å². The minimum Gasteiger partial charge on any atom is -0.480 e. The molecule has 0 radical (unpaired) electrons. The quantitative estimate of drug-likeness (QED) is 0.705. The molecule has 1 aliphatic rings. The highest BCUT2D eigenvalue weighted by molar-refractivity contribution is 5.78. The number of nitrogens with zero attached hydrogens (tertiary/aromatic N) is 1. The Kier molecular flexibility index (Phi) is 5.22. The van der Waals surface area contributed by atoms with Gasteiger partial charge in [0.2, 0.25) is 0 Å². The second kappa shape index (κ2) is 6.21. The lowest BCUT2D eigenvalue weighted by Crippen LogP contribution is -2.56. The number of morpholine rings is 1. The number of unbranched alkanes of at least 4 members (excludes halogenated alkanes) is 2. The standard InChI is InChI=1S/C12H23NO3/c1-3-4-5-6-12(2,11(14)15)13-7-9-16-10-8-13/h3-10H2,1-2H3,(H,14,15). The smallest absolute Gasteiger partial charge is 0.323 e. The molecule has 0 aromatic rings. The molecule has 1 rings (SSSR count). The van der Waals surface area contributed by atoms with Gasteiger partial charge in [-0.1, -0.05) is 26.2 Å². The van der Waals surface area contributed by atoms with Crippen LogP contribution in [0, 0.1) is 0 Å². The summed E-state index contributed by atoms with van der Waals surface area (Å²) in [6, 6.07) is 0. The Morgan fingerprint density at radius 3 is 2.50 bits per heavy atom. The van der Waals surface area contributed by atoms with Crippen LogP contribution in [0.15, 0.2) is 0 Å². The first-order valence-electron chi connectivity index (χ1n) is 6.17. The van der Waals surface area contributed by atoms with Crippen LogP contribution >= 0.6 is 0 Å². The van der Waals surface area contributed by atoms with Crippen molar-refractivity contribution >= 4 is 5.97 Å². The van der Waals surface area contributed by atoms with Gasteiger partial charge in [-0.2, -0.15) is 0 Å². The second-order valence-electron chi connectivity index (χ2n) is 4.64. The van der Waals surface area contributed by atoms with Crippen LogP contribution in [-0.4, -0.2) is 47.8 Å². The predicted octanol–water partition coefficient (Wildman–Crippen LogP) is 1.74. The molecule has 1 atom stereocenters. The Hall–Kier alpha value is -0.610. The molecular weight excluding hydrogens is 206 g/mol. The molecule has 0 saturated carbocycles. The van der Waals surface area contributed by atoms with E-state index in [1.807, 2.05) is 6.92 Å². The van der Waals surface area contributed by atoms with E-state index < -0.39 is 11.5 Å². The molecule has 0 aliphatic carbocycles. The van der Waals surface area contributed by atoms with Crippen molar-refractivity contribution in [2.75, 3.05) is 26.3 Å². The van der Waals surface area contributed by atoms with Crippen molar-refractivity contribution < 1.29 is 14.6 Å². The first-order valence-corrected chi connectivity index (χ1v) is 6.17. The highest BCUT2D eigenvalue weighted by Crippen LogP contribution is 2.24. The van der Waals surface area contributed by atoms with Gasteiger partial charge in [0.05, 0.1) is 13.2 Å². The maximum absolute atomic E-state index is 11.4. The zero-order valence-corrected chi connectivity index (χ0v) is 10.4. The molecule has 1 N–H and O–H groups in total. The molecule has 0 aromatic heterocycles. The normalized spacial score (nSPS) is 21.6. The number of hydrogen-bond acceptors (Lipinski definition) is 3. The summed E-state index contributed by atoms with van der Waals surface area (Å²) in [4.78, 5) is 13.5. The molecule has 16 heavy (non-hydrogen) atoms. The fourth-order valence-electron chi connectivity index (χ4n) is 2.18. The zero-order valence-electron chi connectivity index (χ0n) is 10.4. The molecule has 0 aromatic carbocycles. The van der Waals surface area contributed by atoms with Gasteiger partial charge < -0.3 is 9.84 Å². The molecule has 1 heterocycles. The highest BCUT2D eigenvalue weighted by Gasteiger charge is 2.39. The van der Waals surface area contributed by atoms with Gasteiger partial charge in [0, 0.05) is 13.1 Å². The fourth-order valence-corrected chi connectivity index (χ4v) is 2.18. The number of rotatable bonds is 6. The van der Waals surface area contributed by atoms with Crippen molar-refractivity contribution in [1.29, 1.82) is 0 Å². The highest BCUT2D eigenvalue weighted by atomic mass is 16.5. The Bertz CT molecular complexity index is 226. The lowest BCUT2D eigenvalue weighted by Gasteiger charge is -2.40. The van der Waals surface area contributed by atoms with E-state index >= 15 is 0 Å². The first-order chi connectivity index (χ1) is 7.61. The molecule has 1 fully saturated rings. The van der Waals surface area contributed by atoms with E-state index in [1.165, 1.54) is 0 Å². The number of carboxylic acid groups (broad SMARTS) is 1. The minimum atomic E-state index is -0.709. The Labute approximate surface area is 97.6 Å². The average Bonchev–Trinajstić information content (AvgIpc) is 2.30. The van der Waals surface area contributed by atoms with Crippen LogP contribution < -0.4 is 0 Å². The third-order valence-corrected chi connectivity index (χ3v) is 3.44. The Morgan fingerprint density at radius 2 is 2.00 bits per heavy atom. The van der Waals surface area contributed by atoms with Gasteiger partial charge in [-0.3, -0.25) is 9.69 Å². The van der Waals surface area contributed by atoms with Crippen LogP contribution in [0.3, 0.4) is 0 Å². The lowest BCUT2D eigenvalue weighted by molar-refractivity contribution is -0.154. The third-order valence-electron chi connectivity index (χ3n) is 3.44. The summed E-state index contributed by atoms with van der Waals surface area (Å²) in [5.41, 5.74) is -0.709. The maximum Gasteiger partial charge on any atom is 0.323 e. The molecular formula is C12H23NO3. The number of ether oxygens (including phenoxy) is 1. The van der Waals surface area contributed by atoms with Crippen molar-refractivity contribution in [3.05, 3.63) is 0 Å². The van der Waals surface area contributed by atoms with E-state index in [4.69, 9.17) is 4.74 Å². The predicted molar refractivity (Wildman–Crippen MR) is 62.6 cm³/mol. The Morgan fingerprint density at radius 1 is 1.38 bits per heavy atom. The summed E-state index contributed by atoms with van der Waals surface area (Å²) in [6.07, 6.45) is 3.94. The van der Waals surface area contributed by atoms with Gasteiger partial charge >= 0.3 is 5.97 Å². The summed E-state index contributed by atoms with van der Waals surface area (Å²) in [7, 11) is 0. The monoisotopic (exact) mass is 229 g/mol. The van der Waals surface area contributed by atoms with Crippen molar-refractivity contribution in [2.24, 2.45) is 0 Å². The van der Waals surface area contributed by atoms with Crippen molar-refractivity contribution in [2.45, 2.75) is 45.1 Å². The first kappa shape index (κ1) is 13.5. The van der Waals surface area contributed by atoms with E-state index in [-0.39, 0.29) is 0 Å². The van der Waals surface area contributed by atoms with Gasteiger partial charge in [-0.15, -0.1) is 0 Å². The molecule has 94 valence electrons. The van der Waals surface area contributed by atoms with Crippen LogP contribution in [0.4, 0.5) is 0 Å². The zero-order chi connectivity index (χ0) is 12.0. The summed E-state index contributed by atoms with van der Waals surface area (Å²) in [5, 5.41) is 9.40. The Balaban J connectivity index is 2.58. The van der Waals surface area contributed by atoms with Crippen LogP contribution in [0.2, 0.25) is 0 Å². The SMILES string of the molecule is CCCCCC(C)(C(=O)O)N1CCOCC1. The van der Waals surface area contributed by atoms with Gasteiger partial charge in [0.1, 0.15) is 5.54 Å². The van der Waals surface area contributed by atoms with E-state index in [1.54, 1.807) is 0 Å². The van der Waals surface area contributed by atoms with Crippen molar-refractivity contribution in [3.8, 4) is 0 Å². The molecule has 4 heteroatoms. The molecule has 0 amide bonds. The van der Waals surface area contributed by atoms with E-state index in [9.17, 15) is 9.90 Å². The van der Waals surface area contributed by atoms with Crippen LogP contribution in [0.1, 0.15) is 39.5 Å². The van der Waals surface area contributed by atoms with E-state index in [0.717, 1.165) is 38.8 Å². The summed E-state index contributed by atoms with van der Waals surface area (Å²) in [6.45, 7) is 6.74. The third kappa shape index (κ3) is 3.19. The van der Waals surface area contributed by atoms with Crippen LogP contribution in [-0.2, 0) is 9.53 Å². The molecule has 0 bridgehead atoms. The molecule has 1 saturated heterocycles. The summed E-state index contributed by atoms with van der Waals surface area (Å²) >= 11 is 0. The molecule has 0 spiro atoms. The largest absolute Gasteiger partial charge is 0.480 e. The van der Waals surface area contributed by atoms with Gasteiger partial charge in [0.15, 0.2) is 0 Å². The molecule has 1 unspecified atom stereocenters. The maximum atomic E-state index is 11.4. The fraction of sp³-hybridized carbons (Fsp3) is 0.917. The van der Waals surface area contributed by atoms with Gasteiger partial charge in [0.25, 0.3) is 0 Å². The van der Waals surface area contributed by atoms with Crippen LogP contribution in [0.25, 0.3) is 0 Å². The van der Waals surface area contributed by atoms with Crippen LogP contribution in [0.5, 0.6) is 0 Å². The number of carbonyl (C=O) groups is 1. The molecule has 1 aliphatic heterocycles. The van der Waals surface area contributed by atoms with E-state index in [0.29, 0.717) is 13.2 Å².